The van der Waals surface area contributed by atoms with Crippen LogP contribution in [-0.4, -0.2) is 36.5 Å². The van der Waals surface area contributed by atoms with E-state index in [0.29, 0.717) is 0 Å². The number of carbonyl (C=O) groups is 1. The van der Waals surface area contributed by atoms with Crippen LogP contribution in [0.3, 0.4) is 0 Å². The molecular weight excluding hydrogens is 280 g/mol. The van der Waals surface area contributed by atoms with Crippen molar-refractivity contribution in [3.8, 4) is 0 Å². The molecule has 0 aromatic heterocycles. The standard InChI is InChI=1S/C13H17BrN2O/c1-9-4-3-5-11(12(9)14)13(17)16-7-6-15-8-10(16)2/h3-5,10,15H,6-8H2,1-2H3/t10-/m0/s1. The fourth-order valence-corrected chi connectivity index (χ4v) is 2.54. The first-order valence-electron chi connectivity index (χ1n) is 5.88. The third-order valence-corrected chi connectivity index (χ3v) is 4.24. The zero-order chi connectivity index (χ0) is 12.4. The van der Waals surface area contributed by atoms with Gasteiger partial charge in [-0.2, -0.15) is 0 Å². The van der Waals surface area contributed by atoms with E-state index in [-0.39, 0.29) is 11.9 Å². The minimum Gasteiger partial charge on any atom is -0.333 e. The van der Waals surface area contributed by atoms with Crippen molar-refractivity contribution < 1.29 is 4.79 Å². The maximum atomic E-state index is 12.5. The number of nitrogens with one attached hydrogen (secondary N) is 1. The van der Waals surface area contributed by atoms with Crippen LogP contribution in [0.2, 0.25) is 0 Å². The van der Waals surface area contributed by atoms with Gasteiger partial charge in [0.1, 0.15) is 0 Å². The van der Waals surface area contributed by atoms with E-state index in [4.69, 9.17) is 0 Å². The number of aryl methyl sites for hydroxylation is 1. The number of halogens is 1. The van der Waals surface area contributed by atoms with E-state index in [0.717, 1.165) is 35.2 Å². The molecule has 1 fully saturated rings. The molecule has 0 unspecified atom stereocenters. The molecule has 2 rings (SSSR count). The van der Waals surface area contributed by atoms with E-state index < -0.39 is 0 Å². The summed E-state index contributed by atoms with van der Waals surface area (Å²) < 4.78 is 0.913. The molecule has 0 bridgehead atoms. The van der Waals surface area contributed by atoms with Crippen molar-refractivity contribution in [1.29, 1.82) is 0 Å². The Balaban J connectivity index is 2.27. The summed E-state index contributed by atoms with van der Waals surface area (Å²) in [5.41, 5.74) is 1.86. The summed E-state index contributed by atoms with van der Waals surface area (Å²) in [6, 6.07) is 6.07. The molecule has 1 aromatic rings. The fourth-order valence-electron chi connectivity index (χ4n) is 2.11. The minimum atomic E-state index is 0.120. The molecule has 0 aliphatic carbocycles. The number of benzene rings is 1. The summed E-state index contributed by atoms with van der Waals surface area (Å²) in [7, 11) is 0. The second-order valence-corrected chi connectivity index (χ2v) is 5.28. The largest absolute Gasteiger partial charge is 0.333 e. The average molecular weight is 297 g/mol. The first-order chi connectivity index (χ1) is 8.11. The van der Waals surface area contributed by atoms with Crippen LogP contribution in [0.5, 0.6) is 0 Å². The second kappa shape index (κ2) is 5.19. The Morgan fingerprint density at radius 1 is 1.53 bits per heavy atom. The van der Waals surface area contributed by atoms with Crippen LogP contribution in [0, 0.1) is 6.92 Å². The van der Waals surface area contributed by atoms with Crippen LogP contribution >= 0.6 is 15.9 Å². The number of amides is 1. The van der Waals surface area contributed by atoms with E-state index in [1.165, 1.54) is 0 Å². The normalized spacial score (nSPS) is 20.4. The van der Waals surface area contributed by atoms with E-state index in [2.05, 4.69) is 28.2 Å². The Morgan fingerprint density at radius 2 is 2.29 bits per heavy atom. The first kappa shape index (κ1) is 12.6. The highest BCUT2D eigenvalue weighted by atomic mass is 79.9. The number of hydrogen-bond donors (Lipinski definition) is 1. The van der Waals surface area contributed by atoms with Gasteiger partial charge in [0.15, 0.2) is 0 Å². The van der Waals surface area contributed by atoms with Crippen LogP contribution in [0.15, 0.2) is 22.7 Å². The van der Waals surface area contributed by atoms with Gasteiger partial charge in [0.2, 0.25) is 0 Å². The lowest BCUT2D eigenvalue weighted by Crippen LogP contribution is -2.52. The molecule has 1 saturated heterocycles. The van der Waals surface area contributed by atoms with Crippen molar-refractivity contribution in [2.75, 3.05) is 19.6 Å². The predicted octanol–water partition coefficient (Wildman–Crippen LogP) is 2.19. The molecule has 1 heterocycles. The van der Waals surface area contributed by atoms with Gasteiger partial charge in [-0.15, -0.1) is 0 Å². The molecule has 1 aliphatic rings. The maximum absolute atomic E-state index is 12.5. The lowest BCUT2D eigenvalue weighted by atomic mass is 10.1. The van der Waals surface area contributed by atoms with Gasteiger partial charge < -0.3 is 10.2 Å². The van der Waals surface area contributed by atoms with Crippen molar-refractivity contribution in [2.24, 2.45) is 0 Å². The summed E-state index contributed by atoms with van der Waals surface area (Å²) in [4.78, 5) is 14.4. The van der Waals surface area contributed by atoms with Crippen LogP contribution in [-0.2, 0) is 0 Å². The number of piperazine rings is 1. The molecule has 0 spiro atoms. The highest BCUT2D eigenvalue weighted by Crippen LogP contribution is 2.23. The number of carbonyl (C=O) groups excluding carboxylic acids is 1. The van der Waals surface area contributed by atoms with Gasteiger partial charge >= 0.3 is 0 Å². The molecule has 1 atom stereocenters. The maximum Gasteiger partial charge on any atom is 0.255 e. The van der Waals surface area contributed by atoms with Crippen LogP contribution in [0.4, 0.5) is 0 Å². The number of nitrogens with zero attached hydrogens (tertiary/aromatic N) is 1. The molecular formula is C13H17BrN2O. The van der Waals surface area contributed by atoms with Crippen LogP contribution < -0.4 is 5.32 Å². The smallest absolute Gasteiger partial charge is 0.255 e. The minimum absolute atomic E-state index is 0.120. The second-order valence-electron chi connectivity index (χ2n) is 4.49. The SMILES string of the molecule is Cc1cccc(C(=O)N2CCNC[C@@H]2C)c1Br. The topological polar surface area (TPSA) is 32.3 Å². The van der Waals surface area contributed by atoms with Gasteiger partial charge in [0.05, 0.1) is 5.56 Å². The lowest BCUT2D eigenvalue weighted by molar-refractivity contribution is 0.0654. The highest BCUT2D eigenvalue weighted by Gasteiger charge is 2.25. The monoisotopic (exact) mass is 296 g/mol. The Morgan fingerprint density at radius 3 is 3.00 bits per heavy atom. The third-order valence-electron chi connectivity index (χ3n) is 3.18. The Hall–Kier alpha value is -0.870. The third kappa shape index (κ3) is 2.53. The molecule has 0 radical (unpaired) electrons. The summed E-state index contributed by atoms with van der Waals surface area (Å²) in [6.07, 6.45) is 0. The zero-order valence-electron chi connectivity index (χ0n) is 10.2. The number of rotatable bonds is 1. The molecule has 92 valence electrons. The van der Waals surface area contributed by atoms with Crippen molar-refractivity contribution in [3.05, 3.63) is 33.8 Å². The fraction of sp³-hybridized carbons (Fsp3) is 0.462. The van der Waals surface area contributed by atoms with Crippen molar-refractivity contribution in [3.63, 3.8) is 0 Å². The molecule has 1 aliphatic heterocycles. The van der Waals surface area contributed by atoms with Crippen LogP contribution in [0.1, 0.15) is 22.8 Å². The molecule has 1 N–H and O–H groups in total. The first-order valence-corrected chi connectivity index (χ1v) is 6.67. The van der Waals surface area contributed by atoms with Gasteiger partial charge in [0.25, 0.3) is 5.91 Å². The quantitative estimate of drug-likeness (QED) is 0.862. The van der Waals surface area contributed by atoms with Crippen molar-refractivity contribution >= 4 is 21.8 Å². The molecule has 4 heteroatoms. The zero-order valence-corrected chi connectivity index (χ0v) is 11.8. The van der Waals surface area contributed by atoms with Crippen LogP contribution in [0.25, 0.3) is 0 Å². The molecule has 1 amide bonds. The lowest BCUT2D eigenvalue weighted by Gasteiger charge is -2.34. The molecule has 0 saturated carbocycles. The average Bonchev–Trinajstić information content (AvgIpc) is 2.32. The van der Waals surface area contributed by atoms with Gasteiger partial charge in [-0.25, -0.2) is 0 Å². The van der Waals surface area contributed by atoms with Gasteiger partial charge in [-0.05, 0) is 41.4 Å². The Kier molecular flexibility index (Phi) is 3.84. The highest BCUT2D eigenvalue weighted by molar-refractivity contribution is 9.10. The van der Waals surface area contributed by atoms with E-state index in [9.17, 15) is 4.79 Å². The summed E-state index contributed by atoms with van der Waals surface area (Å²) in [5, 5.41) is 3.29. The van der Waals surface area contributed by atoms with E-state index in [1.807, 2.05) is 30.0 Å². The van der Waals surface area contributed by atoms with E-state index >= 15 is 0 Å². The number of hydrogen-bond acceptors (Lipinski definition) is 2. The molecule has 17 heavy (non-hydrogen) atoms. The van der Waals surface area contributed by atoms with Crippen molar-refractivity contribution in [2.45, 2.75) is 19.9 Å². The van der Waals surface area contributed by atoms with Gasteiger partial charge in [-0.1, -0.05) is 12.1 Å². The van der Waals surface area contributed by atoms with Crippen molar-refractivity contribution in [1.82, 2.24) is 10.2 Å². The van der Waals surface area contributed by atoms with Gasteiger partial charge in [-0.3, -0.25) is 4.79 Å². The summed E-state index contributed by atoms with van der Waals surface area (Å²) in [6.45, 7) is 6.60. The van der Waals surface area contributed by atoms with E-state index in [1.54, 1.807) is 0 Å². The van der Waals surface area contributed by atoms with Gasteiger partial charge in [0, 0.05) is 30.1 Å². The predicted molar refractivity (Wildman–Crippen MR) is 72.2 cm³/mol. The molecule has 1 aromatic carbocycles. The summed E-state index contributed by atoms with van der Waals surface area (Å²) >= 11 is 3.50. The molecule has 3 nitrogen and oxygen atoms in total. The Labute approximate surface area is 110 Å². The summed E-state index contributed by atoms with van der Waals surface area (Å²) in [5.74, 6) is 0.120. The Bertz CT molecular complexity index is 433.